The topological polar surface area (TPSA) is 84.2 Å². The van der Waals surface area contributed by atoms with E-state index in [0.717, 1.165) is 12.8 Å². The molecule has 106 valence electrons. The molecule has 5 nitrogen and oxygen atoms in total. The maximum atomic E-state index is 11.5. The highest BCUT2D eigenvalue weighted by Crippen LogP contribution is 2.20. The fourth-order valence-electron chi connectivity index (χ4n) is 1.67. The zero-order valence-electron chi connectivity index (χ0n) is 12.0. The molecule has 1 unspecified atom stereocenters. The van der Waals surface area contributed by atoms with E-state index in [9.17, 15) is 9.59 Å². The van der Waals surface area contributed by atoms with Crippen molar-refractivity contribution in [1.29, 1.82) is 0 Å². The lowest BCUT2D eigenvalue weighted by molar-refractivity contribution is -0.126. The largest absolute Gasteiger partial charge is 0.355 e. The first kappa shape index (κ1) is 16.9. The molecule has 1 atom stereocenters. The quantitative estimate of drug-likeness (QED) is 0.630. The highest BCUT2D eigenvalue weighted by Gasteiger charge is 2.18. The van der Waals surface area contributed by atoms with E-state index in [1.54, 1.807) is 0 Å². The van der Waals surface area contributed by atoms with Crippen LogP contribution in [0, 0.1) is 5.41 Å². The highest BCUT2D eigenvalue weighted by atomic mass is 16.2. The molecule has 2 amide bonds. The molecule has 0 fully saturated rings. The summed E-state index contributed by atoms with van der Waals surface area (Å²) in [5.41, 5.74) is 6.00. The second kappa shape index (κ2) is 8.08. The Kier molecular flexibility index (Phi) is 7.59. The van der Waals surface area contributed by atoms with Crippen LogP contribution in [-0.4, -0.2) is 30.9 Å². The molecule has 0 spiro atoms. The van der Waals surface area contributed by atoms with Gasteiger partial charge in [0.05, 0.1) is 6.54 Å². The molecule has 0 saturated carbocycles. The van der Waals surface area contributed by atoms with Crippen molar-refractivity contribution in [2.24, 2.45) is 11.1 Å². The molecule has 0 radical (unpaired) electrons. The molecule has 18 heavy (non-hydrogen) atoms. The molecule has 0 heterocycles. The second-order valence-electron chi connectivity index (χ2n) is 5.86. The van der Waals surface area contributed by atoms with Gasteiger partial charge in [-0.25, -0.2) is 0 Å². The predicted molar refractivity (Wildman–Crippen MR) is 73.0 cm³/mol. The van der Waals surface area contributed by atoms with Gasteiger partial charge in [-0.05, 0) is 18.3 Å². The van der Waals surface area contributed by atoms with E-state index < -0.39 is 0 Å². The summed E-state index contributed by atoms with van der Waals surface area (Å²) in [6, 6.07) is -0.163. The molecule has 0 bridgehead atoms. The lowest BCUT2D eigenvalue weighted by atomic mass is 9.87. The summed E-state index contributed by atoms with van der Waals surface area (Å²) < 4.78 is 0. The van der Waals surface area contributed by atoms with Crippen molar-refractivity contribution in [1.82, 2.24) is 10.6 Å². The summed E-state index contributed by atoms with van der Waals surface area (Å²) in [6.45, 7) is 8.90. The van der Waals surface area contributed by atoms with Gasteiger partial charge >= 0.3 is 0 Å². The molecule has 4 N–H and O–H groups in total. The van der Waals surface area contributed by atoms with Gasteiger partial charge in [0.1, 0.15) is 0 Å². The Bertz CT molecular complexity index is 272. The van der Waals surface area contributed by atoms with Crippen LogP contribution in [0.15, 0.2) is 0 Å². The number of hydrogen-bond donors (Lipinski definition) is 3. The summed E-state index contributed by atoms with van der Waals surface area (Å²) in [5.74, 6) is -0.326. The molecule has 0 aromatic heterocycles. The Balaban J connectivity index is 3.80. The van der Waals surface area contributed by atoms with Crippen molar-refractivity contribution in [2.45, 2.75) is 53.0 Å². The van der Waals surface area contributed by atoms with Crippen LogP contribution in [0.1, 0.15) is 47.0 Å². The van der Waals surface area contributed by atoms with Crippen molar-refractivity contribution < 1.29 is 9.59 Å². The number of carbonyl (C=O) groups is 2. The van der Waals surface area contributed by atoms with Gasteiger partial charge in [-0.3, -0.25) is 9.59 Å². The lowest BCUT2D eigenvalue weighted by Gasteiger charge is -2.22. The van der Waals surface area contributed by atoms with E-state index in [0.29, 0.717) is 6.54 Å². The molecule has 0 aliphatic heterocycles. The lowest BCUT2D eigenvalue weighted by Crippen LogP contribution is -2.40. The summed E-state index contributed by atoms with van der Waals surface area (Å²) >= 11 is 0. The van der Waals surface area contributed by atoms with E-state index >= 15 is 0 Å². The summed E-state index contributed by atoms with van der Waals surface area (Å²) in [4.78, 5) is 22.8. The van der Waals surface area contributed by atoms with Gasteiger partial charge in [0, 0.05) is 19.0 Å². The molecule has 0 aliphatic carbocycles. The normalized spacial score (nSPS) is 12.9. The first-order valence-corrected chi connectivity index (χ1v) is 6.53. The summed E-state index contributed by atoms with van der Waals surface area (Å²) in [6.07, 6.45) is 1.93. The van der Waals surface area contributed by atoms with Gasteiger partial charge in [-0.2, -0.15) is 0 Å². The van der Waals surface area contributed by atoms with Crippen LogP contribution < -0.4 is 16.4 Å². The maximum Gasteiger partial charge on any atom is 0.239 e. The van der Waals surface area contributed by atoms with Gasteiger partial charge < -0.3 is 16.4 Å². The molecule has 5 heteroatoms. The number of hydrogen-bond acceptors (Lipinski definition) is 3. The Morgan fingerprint density at radius 2 is 1.78 bits per heavy atom. The van der Waals surface area contributed by atoms with E-state index in [-0.39, 0.29) is 36.2 Å². The molecular formula is C13H27N3O2. The molecule has 0 saturated heterocycles. The van der Waals surface area contributed by atoms with Gasteiger partial charge in [0.25, 0.3) is 0 Å². The minimum Gasteiger partial charge on any atom is -0.355 e. The Morgan fingerprint density at radius 1 is 1.17 bits per heavy atom. The van der Waals surface area contributed by atoms with E-state index in [2.05, 4.69) is 31.4 Å². The molecule has 0 aromatic rings. The van der Waals surface area contributed by atoms with Crippen LogP contribution in [-0.2, 0) is 9.59 Å². The fourth-order valence-corrected chi connectivity index (χ4v) is 1.67. The van der Waals surface area contributed by atoms with Gasteiger partial charge in [-0.15, -0.1) is 0 Å². The van der Waals surface area contributed by atoms with Gasteiger partial charge in [0.15, 0.2) is 0 Å². The number of nitrogens with two attached hydrogens (primary N) is 1. The minimum atomic E-state index is -0.168. The number of carbonyl (C=O) groups excluding carboxylic acids is 2. The van der Waals surface area contributed by atoms with Crippen LogP contribution in [0.4, 0.5) is 0 Å². The summed E-state index contributed by atoms with van der Waals surface area (Å²) in [7, 11) is 0. The van der Waals surface area contributed by atoms with E-state index in [1.807, 2.05) is 6.92 Å². The van der Waals surface area contributed by atoms with E-state index in [4.69, 9.17) is 5.73 Å². The first-order valence-electron chi connectivity index (χ1n) is 6.53. The predicted octanol–water partition coefficient (Wildman–Crippen LogP) is 0.782. The van der Waals surface area contributed by atoms with Crippen molar-refractivity contribution in [3.8, 4) is 0 Å². The number of rotatable bonds is 7. The Labute approximate surface area is 110 Å². The van der Waals surface area contributed by atoms with Crippen molar-refractivity contribution in [2.75, 3.05) is 13.1 Å². The molecular weight excluding hydrogens is 230 g/mol. The third-order valence-electron chi connectivity index (χ3n) is 2.34. The van der Waals surface area contributed by atoms with Crippen LogP contribution in [0.3, 0.4) is 0 Å². The van der Waals surface area contributed by atoms with Gasteiger partial charge in [0.2, 0.25) is 11.8 Å². The molecule has 0 aliphatic rings. The fraction of sp³-hybridized carbons (Fsp3) is 0.846. The van der Waals surface area contributed by atoms with Gasteiger partial charge in [-0.1, -0.05) is 27.7 Å². The Morgan fingerprint density at radius 3 is 2.28 bits per heavy atom. The van der Waals surface area contributed by atoms with Crippen molar-refractivity contribution in [3.63, 3.8) is 0 Å². The number of amides is 2. The molecule has 0 rings (SSSR count). The SMILES string of the molecule is CCCNC(=O)CNC(=O)CC(N)CC(C)(C)C. The van der Waals surface area contributed by atoms with E-state index in [1.165, 1.54) is 0 Å². The summed E-state index contributed by atoms with van der Waals surface area (Å²) in [5, 5.41) is 5.27. The third kappa shape index (κ3) is 10.1. The Hall–Kier alpha value is -1.10. The zero-order chi connectivity index (χ0) is 14.2. The van der Waals surface area contributed by atoms with Crippen LogP contribution >= 0.6 is 0 Å². The second-order valence-corrected chi connectivity index (χ2v) is 5.86. The smallest absolute Gasteiger partial charge is 0.239 e. The monoisotopic (exact) mass is 257 g/mol. The average molecular weight is 257 g/mol. The molecule has 0 aromatic carbocycles. The standard InChI is InChI=1S/C13H27N3O2/c1-5-6-15-12(18)9-16-11(17)7-10(14)8-13(2,3)4/h10H,5-9,14H2,1-4H3,(H,15,18)(H,16,17). The third-order valence-corrected chi connectivity index (χ3v) is 2.34. The van der Waals surface area contributed by atoms with Crippen LogP contribution in [0.5, 0.6) is 0 Å². The zero-order valence-corrected chi connectivity index (χ0v) is 12.0. The minimum absolute atomic E-state index is 0.0288. The number of nitrogens with one attached hydrogen (secondary N) is 2. The highest BCUT2D eigenvalue weighted by molar-refractivity contribution is 5.84. The van der Waals surface area contributed by atoms with Crippen molar-refractivity contribution >= 4 is 11.8 Å². The first-order chi connectivity index (χ1) is 8.24. The van der Waals surface area contributed by atoms with Crippen LogP contribution in [0.2, 0.25) is 0 Å². The average Bonchev–Trinajstić information content (AvgIpc) is 2.20. The maximum absolute atomic E-state index is 11.5. The van der Waals surface area contributed by atoms with Crippen molar-refractivity contribution in [3.05, 3.63) is 0 Å². The van der Waals surface area contributed by atoms with Crippen LogP contribution in [0.25, 0.3) is 0 Å².